The lowest BCUT2D eigenvalue weighted by Gasteiger charge is -2.30. The van der Waals surface area contributed by atoms with Crippen molar-refractivity contribution in [3.05, 3.63) is 77.9 Å². The van der Waals surface area contributed by atoms with Crippen LogP contribution < -0.4 is 4.90 Å². The minimum Gasteiger partial charge on any atom is -0.295 e. The molecule has 5 rings (SSSR count). The van der Waals surface area contributed by atoms with Gasteiger partial charge >= 0.3 is 0 Å². The highest BCUT2D eigenvalue weighted by Gasteiger charge is 2.64. The van der Waals surface area contributed by atoms with Crippen LogP contribution in [0.4, 0.5) is 5.69 Å². The number of carbonyl (C=O) groups excluding carboxylic acids is 4. The fourth-order valence-corrected chi connectivity index (χ4v) is 4.71. The Balaban J connectivity index is 1.55. The number of Topliss-reactive ketones (excluding diaryl/α,β-unsaturated/α-hetero) is 2. The van der Waals surface area contributed by atoms with Crippen LogP contribution in [0.5, 0.6) is 0 Å². The minimum atomic E-state index is -0.864. The quantitative estimate of drug-likeness (QED) is 0.568. The van der Waals surface area contributed by atoms with Crippen LogP contribution >= 0.6 is 0 Å². The van der Waals surface area contributed by atoms with E-state index in [0.717, 1.165) is 4.90 Å². The molecule has 4 atom stereocenters. The number of ketones is 2. The zero-order valence-corrected chi connectivity index (χ0v) is 16.7. The topological polar surface area (TPSA) is 87.1 Å². The summed E-state index contributed by atoms with van der Waals surface area (Å²) in [4.78, 5) is 53.0. The molecular formula is C24H19N3O4. The smallest absolute Gasteiger partial charge is 0.240 e. The number of fused-ring (bicyclic) bond motifs is 3. The summed E-state index contributed by atoms with van der Waals surface area (Å²) in [6, 6.07) is 13.8. The third kappa shape index (κ3) is 2.84. The third-order valence-corrected chi connectivity index (χ3v) is 6.15. The van der Waals surface area contributed by atoms with Crippen molar-refractivity contribution in [2.24, 2.45) is 16.9 Å². The second-order valence-corrected chi connectivity index (χ2v) is 7.86. The van der Waals surface area contributed by atoms with Gasteiger partial charge in [-0.15, -0.1) is 0 Å². The van der Waals surface area contributed by atoms with Gasteiger partial charge in [-0.3, -0.25) is 24.2 Å². The molecule has 3 aliphatic rings. The van der Waals surface area contributed by atoms with Crippen LogP contribution in [0.25, 0.3) is 0 Å². The molecule has 2 aromatic rings. The lowest BCUT2D eigenvalue weighted by atomic mass is 9.86. The van der Waals surface area contributed by atoms with Gasteiger partial charge < -0.3 is 0 Å². The van der Waals surface area contributed by atoms with Crippen molar-refractivity contribution in [1.82, 2.24) is 5.01 Å². The molecule has 2 saturated heterocycles. The molecule has 7 heteroatoms. The number of anilines is 1. The van der Waals surface area contributed by atoms with E-state index in [-0.39, 0.29) is 17.5 Å². The first kappa shape index (κ1) is 19.1. The molecule has 0 bridgehead atoms. The third-order valence-electron chi connectivity index (χ3n) is 6.15. The largest absolute Gasteiger partial charge is 0.295 e. The second kappa shape index (κ2) is 7.12. The van der Waals surface area contributed by atoms with Crippen LogP contribution in [0.2, 0.25) is 0 Å². The van der Waals surface area contributed by atoms with Crippen molar-refractivity contribution >= 4 is 35.3 Å². The van der Waals surface area contributed by atoms with E-state index in [9.17, 15) is 19.2 Å². The zero-order valence-electron chi connectivity index (χ0n) is 16.7. The monoisotopic (exact) mass is 413 g/mol. The first-order chi connectivity index (χ1) is 15.0. The molecule has 3 heterocycles. The molecule has 0 radical (unpaired) electrons. The Kier molecular flexibility index (Phi) is 4.39. The van der Waals surface area contributed by atoms with Crippen LogP contribution in [-0.2, 0) is 9.59 Å². The Morgan fingerprint density at radius 3 is 2.23 bits per heavy atom. The predicted molar refractivity (Wildman–Crippen MR) is 114 cm³/mol. The maximum absolute atomic E-state index is 13.5. The summed E-state index contributed by atoms with van der Waals surface area (Å²) in [5.41, 5.74) is 1.37. The van der Waals surface area contributed by atoms with Crippen molar-refractivity contribution in [3.8, 4) is 0 Å². The summed E-state index contributed by atoms with van der Waals surface area (Å²) in [6.07, 6.45) is 5.11. The SMILES string of the molecule is CC(=O)c1ccc(N2C(=O)[C@@H]3[C@H](C2=O)[C@@H]2C=CC=NN2[C@@H]3C(=O)c2ccccc2)cc1. The molecule has 0 aliphatic carbocycles. The second-order valence-electron chi connectivity index (χ2n) is 7.86. The fourth-order valence-electron chi connectivity index (χ4n) is 4.71. The van der Waals surface area contributed by atoms with E-state index in [1.165, 1.54) is 6.92 Å². The van der Waals surface area contributed by atoms with Crippen molar-refractivity contribution in [2.45, 2.75) is 19.0 Å². The number of benzene rings is 2. The molecule has 7 nitrogen and oxygen atoms in total. The summed E-state index contributed by atoms with van der Waals surface area (Å²) in [5, 5.41) is 5.93. The van der Waals surface area contributed by atoms with Gasteiger partial charge in [-0.1, -0.05) is 36.4 Å². The van der Waals surface area contributed by atoms with E-state index >= 15 is 0 Å². The number of carbonyl (C=O) groups is 4. The van der Waals surface area contributed by atoms with Crippen LogP contribution in [-0.4, -0.2) is 46.7 Å². The van der Waals surface area contributed by atoms with E-state index in [1.54, 1.807) is 65.8 Å². The Bertz CT molecular complexity index is 1150. The number of nitrogens with zero attached hydrogens (tertiary/aromatic N) is 3. The highest BCUT2D eigenvalue weighted by atomic mass is 16.2. The number of hydrogen-bond donors (Lipinski definition) is 0. The summed E-state index contributed by atoms with van der Waals surface area (Å²) >= 11 is 0. The average Bonchev–Trinajstić information content (AvgIpc) is 3.27. The zero-order chi connectivity index (χ0) is 21.7. The molecule has 2 fully saturated rings. The highest BCUT2D eigenvalue weighted by Crippen LogP contribution is 2.46. The van der Waals surface area contributed by atoms with Crippen molar-refractivity contribution in [3.63, 3.8) is 0 Å². The predicted octanol–water partition coefficient (Wildman–Crippen LogP) is 2.49. The normalized spacial score (nSPS) is 26.2. The van der Waals surface area contributed by atoms with Gasteiger partial charge in [-0.2, -0.15) is 5.10 Å². The number of imide groups is 1. The van der Waals surface area contributed by atoms with Gasteiger partial charge in [0.1, 0.15) is 6.04 Å². The average molecular weight is 413 g/mol. The van der Waals surface area contributed by atoms with Gasteiger partial charge in [0.25, 0.3) is 0 Å². The van der Waals surface area contributed by atoms with Gasteiger partial charge in [0.05, 0.1) is 23.6 Å². The standard InChI is InChI=1S/C24H19N3O4/c1-14(28)15-9-11-17(12-10-15)26-23(30)19-18-8-5-13-25-27(18)21(20(19)24(26)31)22(29)16-6-3-2-4-7-16/h2-13,18-21H,1H3/t18-,19+,20+,21-/m0/s1. The minimum absolute atomic E-state index is 0.100. The number of rotatable bonds is 4. The number of allylic oxidation sites excluding steroid dienone is 1. The summed E-state index contributed by atoms with van der Waals surface area (Å²) in [7, 11) is 0. The maximum atomic E-state index is 13.5. The molecule has 0 unspecified atom stereocenters. The molecule has 154 valence electrons. The molecular weight excluding hydrogens is 394 g/mol. The van der Waals surface area contributed by atoms with Gasteiger partial charge in [0, 0.05) is 17.3 Å². The molecule has 0 aromatic heterocycles. The van der Waals surface area contributed by atoms with Gasteiger partial charge in [0.2, 0.25) is 11.8 Å². The van der Waals surface area contributed by atoms with E-state index in [4.69, 9.17) is 0 Å². The Labute approximate surface area is 178 Å². The highest BCUT2D eigenvalue weighted by molar-refractivity contribution is 6.24. The van der Waals surface area contributed by atoms with Crippen LogP contribution in [0.3, 0.4) is 0 Å². The lowest BCUT2D eigenvalue weighted by Crippen LogP contribution is -2.46. The molecule has 0 spiro atoms. The fraction of sp³-hybridized carbons (Fsp3) is 0.208. The molecule has 2 amide bonds. The van der Waals surface area contributed by atoms with Crippen LogP contribution in [0.15, 0.2) is 71.9 Å². The number of amides is 2. The van der Waals surface area contributed by atoms with Crippen molar-refractivity contribution < 1.29 is 19.2 Å². The maximum Gasteiger partial charge on any atom is 0.240 e. The molecule has 3 aliphatic heterocycles. The summed E-state index contributed by atoms with van der Waals surface area (Å²) < 4.78 is 0. The molecule has 0 N–H and O–H groups in total. The van der Waals surface area contributed by atoms with Gasteiger partial charge in [-0.25, -0.2) is 4.90 Å². The summed E-state index contributed by atoms with van der Waals surface area (Å²) in [6.45, 7) is 1.45. The van der Waals surface area contributed by atoms with Gasteiger partial charge in [-0.05, 0) is 37.3 Å². The Hall–Kier alpha value is -3.87. The molecule has 31 heavy (non-hydrogen) atoms. The lowest BCUT2D eigenvalue weighted by molar-refractivity contribution is -0.123. The van der Waals surface area contributed by atoms with Crippen molar-refractivity contribution in [1.29, 1.82) is 0 Å². The molecule has 0 saturated carbocycles. The van der Waals surface area contributed by atoms with Crippen LogP contribution in [0.1, 0.15) is 27.6 Å². The Morgan fingerprint density at radius 1 is 0.871 bits per heavy atom. The van der Waals surface area contributed by atoms with Crippen LogP contribution in [0, 0.1) is 11.8 Å². The number of hydrazone groups is 1. The van der Waals surface area contributed by atoms with E-state index < -0.39 is 29.8 Å². The molecule has 2 aromatic carbocycles. The van der Waals surface area contributed by atoms with Gasteiger partial charge in [0.15, 0.2) is 11.6 Å². The van der Waals surface area contributed by atoms with E-state index in [1.807, 2.05) is 12.1 Å². The van der Waals surface area contributed by atoms with E-state index in [0.29, 0.717) is 16.8 Å². The van der Waals surface area contributed by atoms with Crippen molar-refractivity contribution in [2.75, 3.05) is 4.90 Å². The number of hydrogen-bond acceptors (Lipinski definition) is 6. The van der Waals surface area contributed by atoms with E-state index in [2.05, 4.69) is 5.10 Å². The summed E-state index contributed by atoms with van der Waals surface area (Å²) in [5.74, 6) is -2.65. The first-order valence-electron chi connectivity index (χ1n) is 10.1. The first-order valence-corrected chi connectivity index (χ1v) is 10.1. The Morgan fingerprint density at radius 2 is 1.55 bits per heavy atom.